The Morgan fingerprint density at radius 2 is 1.96 bits per heavy atom. The predicted molar refractivity (Wildman–Crippen MR) is 90.4 cm³/mol. The molecule has 2 aliphatic heterocycles. The van der Waals surface area contributed by atoms with Gasteiger partial charge >= 0.3 is 0 Å². The molecule has 0 aromatic heterocycles. The second-order valence-electron chi connectivity index (χ2n) is 6.63. The number of piperidine rings is 1. The lowest BCUT2D eigenvalue weighted by Gasteiger charge is -2.44. The first-order valence-electron chi connectivity index (χ1n) is 8.53. The summed E-state index contributed by atoms with van der Waals surface area (Å²) in [4.78, 5) is 27.8. The third-order valence-corrected chi connectivity index (χ3v) is 5.10. The number of rotatable bonds is 5. The lowest BCUT2D eigenvalue weighted by molar-refractivity contribution is -0.145. The molecule has 130 valence electrons. The minimum absolute atomic E-state index is 0.0579. The maximum atomic E-state index is 12.8. The molecule has 0 aliphatic carbocycles. The van der Waals surface area contributed by atoms with E-state index >= 15 is 0 Å². The molecule has 2 aliphatic rings. The van der Waals surface area contributed by atoms with Crippen molar-refractivity contribution in [1.82, 2.24) is 9.80 Å². The van der Waals surface area contributed by atoms with Gasteiger partial charge in [-0.2, -0.15) is 0 Å². The fourth-order valence-corrected chi connectivity index (χ4v) is 3.64. The maximum absolute atomic E-state index is 12.8. The van der Waals surface area contributed by atoms with Crippen LogP contribution >= 0.6 is 0 Å². The molecule has 1 atom stereocenters. The first-order chi connectivity index (χ1) is 11.6. The number of nitrogens with zero attached hydrogens (tertiary/aromatic N) is 2. The summed E-state index contributed by atoms with van der Waals surface area (Å²) in [5.74, 6) is 0.822. The van der Waals surface area contributed by atoms with Crippen LogP contribution in [-0.4, -0.2) is 54.9 Å². The highest BCUT2D eigenvalue weighted by atomic mass is 16.5. The molecule has 2 fully saturated rings. The van der Waals surface area contributed by atoms with Crippen molar-refractivity contribution in [2.45, 2.75) is 25.3 Å². The number of benzene rings is 1. The molecule has 6 heteroatoms. The third-order valence-electron chi connectivity index (χ3n) is 5.10. The van der Waals surface area contributed by atoms with Crippen LogP contribution in [0.5, 0.6) is 5.75 Å². The standard InChI is InChI=1S/C18H25N3O3/c1-24-15-4-2-3-14(11-15)16-7-10-21(16)18(23)13-5-8-20(9-6-13)12-17(19)22/h2-4,11,13,16H,5-10,12H2,1H3,(H2,19,22). The molecule has 1 unspecified atom stereocenters. The van der Waals surface area contributed by atoms with Crippen molar-refractivity contribution >= 4 is 11.8 Å². The van der Waals surface area contributed by atoms with Crippen molar-refractivity contribution in [3.05, 3.63) is 29.8 Å². The predicted octanol–water partition coefficient (Wildman–Crippen LogP) is 1.17. The molecule has 1 aromatic rings. The highest BCUT2D eigenvalue weighted by Gasteiger charge is 2.37. The normalized spacial score (nSPS) is 22.0. The lowest BCUT2D eigenvalue weighted by atomic mass is 9.89. The van der Waals surface area contributed by atoms with E-state index in [1.54, 1.807) is 7.11 Å². The third kappa shape index (κ3) is 3.53. The van der Waals surface area contributed by atoms with Gasteiger partial charge in [-0.25, -0.2) is 0 Å². The Balaban J connectivity index is 1.58. The molecule has 6 nitrogen and oxygen atoms in total. The maximum Gasteiger partial charge on any atom is 0.231 e. The molecule has 0 bridgehead atoms. The number of carbonyl (C=O) groups excluding carboxylic acids is 2. The number of primary amides is 1. The van der Waals surface area contributed by atoms with E-state index in [1.807, 2.05) is 28.0 Å². The van der Waals surface area contributed by atoms with Gasteiger partial charge in [0.25, 0.3) is 0 Å². The van der Waals surface area contributed by atoms with Crippen LogP contribution < -0.4 is 10.5 Å². The van der Waals surface area contributed by atoms with Gasteiger partial charge in [0.2, 0.25) is 11.8 Å². The first-order valence-corrected chi connectivity index (χ1v) is 8.53. The summed E-state index contributed by atoms with van der Waals surface area (Å²) in [7, 11) is 1.66. The zero-order valence-electron chi connectivity index (χ0n) is 14.1. The number of ether oxygens (including phenoxy) is 1. The van der Waals surface area contributed by atoms with Crippen LogP contribution in [0.15, 0.2) is 24.3 Å². The summed E-state index contributed by atoms with van der Waals surface area (Å²) >= 11 is 0. The monoisotopic (exact) mass is 331 g/mol. The fraction of sp³-hybridized carbons (Fsp3) is 0.556. The average molecular weight is 331 g/mol. The molecule has 0 saturated carbocycles. The first kappa shape index (κ1) is 16.8. The Morgan fingerprint density at radius 1 is 1.21 bits per heavy atom. The average Bonchev–Trinajstić information content (AvgIpc) is 2.54. The molecular formula is C18H25N3O3. The Hall–Kier alpha value is -2.08. The number of nitrogens with two attached hydrogens (primary N) is 1. The summed E-state index contributed by atoms with van der Waals surface area (Å²) in [5, 5.41) is 0. The van der Waals surface area contributed by atoms with Gasteiger partial charge < -0.3 is 15.4 Å². The Labute approximate surface area is 142 Å². The molecule has 24 heavy (non-hydrogen) atoms. The van der Waals surface area contributed by atoms with Crippen LogP contribution in [0.1, 0.15) is 30.9 Å². The molecule has 0 radical (unpaired) electrons. The Kier molecular flexibility index (Phi) is 5.04. The molecular weight excluding hydrogens is 306 g/mol. The van der Waals surface area contributed by atoms with Gasteiger partial charge in [0.1, 0.15) is 5.75 Å². The van der Waals surface area contributed by atoms with Gasteiger partial charge in [0.05, 0.1) is 19.7 Å². The van der Waals surface area contributed by atoms with E-state index < -0.39 is 0 Å². The highest BCUT2D eigenvalue weighted by molar-refractivity contribution is 5.80. The Bertz CT molecular complexity index is 611. The summed E-state index contributed by atoms with van der Waals surface area (Å²) < 4.78 is 5.28. The molecule has 3 rings (SSSR count). The van der Waals surface area contributed by atoms with Crippen LogP contribution in [0.25, 0.3) is 0 Å². The minimum Gasteiger partial charge on any atom is -0.497 e. The summed E-state index contributed by atoms with van der Waals surface area (Å²) in [5.41, 5.74) is 6.38. The van der Waals surface area contributed by atoms with Crippen LogP contribution in [0.4, 0.5) is 0 Å². The molecule has 2 N–H and O–H groups in total. The van der Waals surface area contributed by atoms with Crippen LogP contribution in [-0.2, 0) is 9.59 Å². The quantitative estimate of drug-likeness (QED) is 0.879. The van der Waals surface area contributed by atoms with Gasteiger partial charge in [-0.3, -0.25) is 14.5 Å². The number of carbonyl (C=O) groups is 2. The van der Waals surface area contributed by atoms with Crippen molar-refractivity contribution in [2.75, 3.05) is 33.3 Å². The highest BCUT2D eigenvalue weighted by Crippen LogP contribution is 2.37. The van der Waals surface area contributed by atoms with Gasteiger partial charge in [-0.05, 0) is 50.0 Å². The van der Waals surface area contributed by atoms with E-state index in [4.69, 9.17) is 10.5 Å². The van der Waals surface area contributed by atoms with Crippen molar-refractivity contribution in [3.63, 3.8) is 0 Å². The van der Waals surface area contributed by atoms with Gasteiger partial charge in [-0.15, -0.1) is 0 Å². The van der Waals surface area contributed by atoms with Gasteiger partial charge in [0.15, 0.2) is 0 Å². The van der Waals surface area contributed by atoms with Crippen molar-refractivity contribution in [3.8, 4) is 5.75 Å². The van der Waals surface area contributed by atoms with Gasteiger partial charge in [0, 0.05) is 12.5 Å². The fourth-order valence-electron chi connectivity index (χ4n) is 3.64. The summed E-state index contributed by atoms with van der Waals surface area (Å²) in [6.45, 7) is 2.63. The number of hydrogen-bond acceptors (Lipinski definition) is 4. The molecule has 1 aromatic carbocycles. The number of methoxy groups -OCH3 is 1. The molecule has 2 saturated heterocycles. The Morgan fingerprint density at radius 3 is 2.54 bits per heavy atom. The second kappa shape index (κ2) is 7.21. The minimum atomic E-state index is -0.305. The van der Waals surface area contributed by atoms with Gasteiger partial charge in [-0.1, -0.05) is 12.1 Å². The molecule has 2 amide bonds. The summed E-state index contributed by atoms with van der Waals surface area (Å²) in [6.07, 6.45) is 2.60. The van der Waals surface area contributed by atoms with Crippen molar-refractivity contribution in [1.29, 1.82) is 0 Å². The van der Waals surface area contributed by atoms with Crippen LogP contribution in [0.3, 0.4) is 0 Å². The van der Waals surface area contributed by atoms with E-state index in [0.29, 0.717) is 0 Å². The number of hydrogen-bond donors (Lipinski definition) is 1. The van der Waals surface area contributed by atoms with E-state index in [1.165, 1.54) is 0 Å². The van der Waals surface area contributed by atoms with E-state index in [2.05, 4.69) is 6.07 Å². The molecule has 0 spiro atoms. The van der Waals surface area contributed by atoms with Crippen LogP contribution in [0, 0.1) is 5.92 Å². The van der Waals surface area contributed by atoms with E-state index in [0.717, 1.165) is 50.2 Å². The van der Waals surface area contributed by atoms with E-state index in [-0.39, 0.29) is 30.3 Å². The van der Waals surface area contributed by atoms with E-state index in [9.17, 15) is 9.59 Å². The van der Waals surface area contributed by atoms with Crippen molar-refractivity contribution in [2.24, 2.45) is 11.7 Å². The number of amides is 2. The second-order valence-corrected chi connectivity index (χ2v) is 6.63. The smallest absolute Gasteiger partial charge is 0.231 e. The largest absolute Gasteiger partial charge is 0.497 e. The van der Waals surface area contributed by atoms with Crippen molar-refractivity contribution < 1.29 is 14.3 Å². The topological polar surface area (TPSA) is 75.9 Å². The zero-order valence-corrected chi connectivity index (χ0v) is 14.1. The van der Waals surface area contributed by atoms with Crippen LogP contribution in [0.2, 0.25) is 0 Å². The number of likely N-dealkylation sites (tertiary alicyclic amines) is 2. The molecule has 2 heterocycles. The lowest BCUT2D eigenvalue weighted by Crippen LogP contribution is -2.50. The zero-order chi connectivity index (χ0) is 17.1. The SMILES string of the molecule is COc1cccc(C2CCN2C(=O)C2CCN(CC(N)=O)CC2)c1. The summed E-state index contributed by atoms with van der Waals surface area (Å²) in [6, 6.07) is 8.12.